The molecule has 0 aromatic heterocycles. The molecule has 0 bridgehead atoms. The van der Waals surface area contributed by atoms with Gasteiger partial charge in [0.2, 0.25) is 0 Å². The van der Waals surface area contributed by atoms with Crippen LogP contribution in [0.3, 0.4) is 0 Å². The maximum Gasteiger partial charge on any atom is 0.127 e. The Balaban J connectivity index is 2.07. The molecule has 0 aliphatic carbocycles. The van der Waals surface area contributed by atoms with Crippen LogP contribution >= 0.6 is 0 Å². The van der Waals surface area contributed by atoms with Crippen molar-refractivity contribution in [3.05, 3.63) is 47.3 Å². The molecule has 3 heteroatoms. The quantitative estimate of drug-likeness (QED) is 0.804. The van der Waals surface area contributed by atoms with Crippen LogP contribution in [0.25, 0.3) is 0 Å². The highest BCUT2D eigenvalue weighted by atomic mass is 19.1. The molecule has 1 aromatic rings. The zero-order chi connectivity index (χ0) is 12.1. The first-order valence-electron chi connectivity index (χ1n) is 6.09. The Morgan fingerprint density at radius 1 is 1.35 bits per heavy atom. The average Bonchev–Trinajstić information content (AvgIpc) is 2.35. The summed E-state index contributed by atoms with van der Waals surface area (Å²) in [5, 5.41) is 3.09. The molecule has 1 aliphatic rings. The molecule has 0 saturated carbocycles. The van der Waals surface area contributed by atoms with Crippen molar-refractivity contribution in [2.45, 2.75) is 19.5 Å². The molecule has 1 N–H and O–H groups in total. The van der Waals surface area contributed by atoms with Crippen LogP contribution in [0.1, 0.15) is 17.5 Å². The van der Waals surface area contributed by atoms with Gasteiger partial charge in [-0.2, -0.15) is 0 Å². The van der Waals surface area contributed by atoms with Gasteiger partial charge in [0.1, 0.15) is 5.82 Å². The second-order valence-corrected chi connectivity index (χ2v) is 4.45. The van der Waals surface area contributed by atoms with Crippen molar-refractivity contribution in [3.8, 4) is 0 Å². The first-order chi connectivity index (χ1) is 8.29. The zero-order valence-corrected chi connectivity index (χ0v) is 10.2. The fourth-order valence-electron chi connectivity index (χ4n) is 2.14. The third-order valence-corrected chi connectivity index (χ3v) is 3.03. The normalized spacial score (nSPS) is 16.4. The highest BCUT2D eigenvalue weighted by molar-refractivity contribution is 5.25. The summed E-state index contributed by atoms with van der Waals surface area (Å²) in [7, 11) is 1.90. The SMILES string of the molecule is CNCc1ccc(F)c(CN2CC=CCC2)c1. The van der Waals surface area contributed by atoms with Gasteiger partial charge in [-0.15, -0.1) is 0 Å². The van der Waals surface area contributed by atoms with Gasteiger partial charge < -0.3 is 5.32 Å². The van der Waals surface area contributed by atoms with Gasteiger partial charge in [-0.3, -0.25) is 4.90 Å². The third kappa shape index (κ3) is 3.38. The molecule has 17 heavy (non-hydrogen) atoms. The van der Waals surface area contributed by atoms with E-state index in [-0.39, 0.29) is 5.82 Å². The predicted octanol–water partition coefficient (Wildman–Crippen LogP) is 2.31. The van der Waals surface area contributed by atoms with Crippen molar-refractivity contribution in [1.82, 2.24) is 10.2 Å². The third-order valence-electron chi connectivity index (χ3n) is 3.03. The molecule has 0 unspecified atom stereocenters. The van der Waals surface area contributed by atoms with Gasteiger partial charge in [0.05, 0.1) is 0 Å². The van der Waals surface area contributed by atoms with E-state index < -0.39 is 0 Å². The molecule has 0 saturated heterocycles. The van der Waals surface area contributed by atoms with E-state index in [0.717, 1.165) is 37.2 Å². The summed E-state index contributed by atoms with van der Waals surface area (Å²) >= 11 is 0. The van der Waals surface area contributed by atoms with Crippen LogP contribution < -0.4 is 5.32 Å². The number of rotatable bonds is 4. The van der Waals surface area contributed by atoms with E-state index in [9.17, 15) is 4.39 Å². The Morgan fingerprint density at radius 2 is 2.24 bits per heavy atom. The van der Waals surface area contributed by atoms with Gasteiger partial charge in [0.15, 0.2) is 0 Å². The highest BCUT2D eigenvalue weighted by Crippen LogP contribution is 2.14. The molecule has 0 atom stereocenters. The molecule has 92 valence electrons. The van der Waals surface area contributed by atoms with Crippen molar-refractivity contribution < 1.29 is 4.39 Å². The minimum atomic E-state index is -0.0978. The summed E-state index contributed by atoms with van der Waals surface area (Å²) in [6, 6.07) is 5.37. The minimum Gasteiger partial charge on any atom is -0.316 e. The maximum absolute atomic E-state index is 13.7. The van der Waals surface area contributed by atoms with Crippen molar-refractivity contribution in [1.29, 1.82) is 0 Å². The molecule has 1 heterocycles. The lowest BCUT2D eigenvalue weighted by Crippen LogP contribution is -2.27. The Kier molecular flexibility index (Phi) is 4.29. The van der Waals surface area contributed by atoms with Crippen molar-refractivity contribution in [2.24, 2.45) is 0 Å². The van der Waals surface area contributed by atoms with Crippen LogP contribution in [0, 0.1) is 5.82 Å². The maximum atomic E-state index is 13.7. The first-order valence-corrected chi connectivity index (χ1v) is 6.09. The molecule has 2 nitrogen and oxygen atoms in total. The second-order valence-electron chi connectivity index (χ2n) is 4.45. The van der Waals surface area contributed by atoms with Crippen molar-refractivity contribution >= 4 is 0 Å². The second kappa shape index (κ2) is 5.94. The van der Waals surface area contributed by atoms with E-state index >= 15 is 0 Å². The Hall–Kier alpha value is -1.19. The lowest BCUT2D eigenvalue weighted by molar-refractivity contribution is 0.286. The van der Waals surface area contributed by atoms with Crippen molar-refractivity contribution in [2.75, 3.05) is 20.1 Å². The number of nitrogens with one attached hydrogen (secondary N) is 1. The molecule has 2 rings (SSSR count). The van der Waals surface area contributed by atoms with E-state index in [4.69, 9.17) is 0 Å². The largest absolute Gasteiger partial charge is 0.316 e. The Labute approximate surface area is 102 Å². The van der Waals surface area contributed by atoms with Crippen LogP contribution in [-0.2, 0) is 13.1 Å². The van der Waals surface area contributed by atoms with Crippen LogP contribution in [0.2, 0.25) is 0 Å². The average molecular weight is 234 g/mol. The molecule has 1 aliphatic heterocycles. The van der Waals surface area contributed by atoms with Crippen LogP contribution in [0.4, 0.5) is 4.39 Å². The molecular weight excluding hydrogens is 215 g/mol. The van der Waals surface area contributed by atoms with Gasteiger partial charge in [-0.1, -0.05) is 24.3 Å². The van der Waals surface area contributed by atoms with Crippen LogP contribution in [0.15, 0.2) is 30.4 Å². The summed E-state index contributed by atoms with van der Waals surface area (Å²) in [5.74, 6) is -0.0978. The van der Waals surface area contributed by atoms with E-state index in [1.807, 2.05) is 19.2 Å². The molecule has 0 radical (unpaired) electrons. The number of halogens is 1. The molecule has 0 amide bonds. The standard InChI is InChI=1S/C14H19FN2/c1-16-10-12-5-6-14(15)13(9-12)11-17-7-3-2-4-8-17/h2-3,5-6,9,16H,4,7-8,10-11H2,1H3. The van der Waals surface area contributed by atoms with E-state index in [2.05, 4.69) is 22.4 Å². The van der Waals surface area contributed by atoms with Crippen LogP contribution in [-0.4, -0.2) is 25.0 Å². The van der Waals surface area contributed by atoms with Crippen molar-refractivity contribution in [3.63, 3.8) is 0 Å². The van der Waals surface area contributed by atoms with E-state index in [1.165, 1.54) is 0 Å². The molecular formula is C14H19FN2. The Morgan fingerprint density at radius 3 is 2.94 bits per heavy atom. The summed E-state index contributed by atoms with van der Waals surface area (Å²) in [6.45, 7) is 3.43. The molecule has 0 spiro atoms. The fraction of sp³-hybridized carbons (Fsp3) is 0.429. The number of hydrogen-bond donors (Lipinski definition) is 1. The zero-order valence-electron chi connectivity index (χ0n) is 10.2. The number of benzene rings is 1. The topological polar surface area (TPSA) is 15.3 Å². The summed E-state index contributed by atoms with van der Waals surface area (Å²) in [5.41, 5.74) is 1.93. The van der Waals surface area contributed by atoms with Gasteiger partial charge in [0, 0.05) is 31.7 Å². The Bertz CT molecular complexity index is 401. The first kappa shape index (κ1) is 12.3. The predicted molar refractivity (Wildman–Crippen MR) is 68.2 cm³/mol. The van der Waals surface area contributed by atoms with E-state index in [1.54, 1.807) is 6.07 Å². The smallest absolute Gasteiger partial charge is 0.127 e. The van der Waals surface area contributed by atoms with Gasteiger partial charge >= 0.3 is 0 Å². The number of hydrogen-bond acceptors (Lipinski definition) is 2. The van der Waals surface area contributed by atoms with Crippen LogP contribution in [0.5, 0.6) is 0 Å². The summed E-state index contributed by atoms with van der Waals surface area (Å²) < 4.78 is 13.7. The monoisotopic (exact) mass is 234 g/mol. The molecule has 1 aromatic carbocycles. The minimum absolute atomic E-state index is 0.0978. The number of nitrogens with zero attached hydrogens (tertiary/aromatic N) is 1. The van der Waals surface area contributed by atoms with Gasteiger partial charge in [-0.05, 0) is 25.1 Å². The molecule has 0 fully saturated rings. The fourth-order valence-corrected chi connectivity index (χ4v) is 2.14. The van der Waals surface area contributed by atoms with Gasteiger partial charge in [0.25, 0.3) is 0 Å². The summed E-state index contributed by atoms with van der Waals surface area (Å²) in [4.78, 5) is 2.27. The summed E-state index contributed by atoms with van der Waals surface area (Å²) in [6.07, 6.45) is 5.40. The van der Waals surface area contributed by atoms with E-state index in [0.29, 0.717) is 6.54 Å². The highest BCUT2D eigenvalue weighted by Gasteiger charge is 2.10. The lowest BCUT2D eigenvalue weighted by Gasteiger charge is -2.23. The lowest BCUT2D eigenvalue weighted by atomic mass is 10.1. The van der Waals surface area contributed by atoms with Gasteiger partial charge in [-0.25, -0.2) is 4.39 Å².